The number of nitrogens with zero attached hydrogens (tertiary/aromatic N) is 4. The Balaban J connectivity index is 1.67. The van der Waals surface area contributed by atoms with Gasteiger partial charge in [-0.15, -0.1) is 10.2 Å². The van der Waals surface area contributed by atoms with Gasteiger partial charge in [-0.05, 0) is 49.4 Å². The highest BCUT2D eigenvalue weighted by molar-refractivity contribution is 7.98. The predicted octanol–water partition coefficient (Wildman–Crippen LogP) is 4.55. The summed E-state index contributed by atoms with van der Waals surface area (Å²) in [6, 6.07) is 20.0. The molecule has 9 heteroatoms. The van der Waals surface area contributed by atoms with Crippen LogP contribution in [0.4, 0.5) is 0 Å². The maximum atomic E-state index is 13.5. The van der Waals surface area contributed by atoms with E-state index in [2.05, 4.69) is 10.2 Å². The van der Waals surface area contributed by atoms with Crippen molar-refractivity contribution in [3.8, 4) is 17.2 Å². The number of methoxy groups -OCH3 is 2. The van der Waals surface area contributed by atoms with E-state index < -0.39 is 0 Å². The van der Waals surface area contributed by atoms with Crippen molar-refractivity contribution >= 4 is 34.2 Å². The second kappa shape index (κ2) is 9.27. The monoisotopic (exact) mass is 486 g/mol. The van der Waals surface area contributed by atoms with Gasteiger partial charge in [0.1, 0.15) is 11.5 Å². The highest BCUT2D eigenvalue weighted by Crippen LogP contribution is 2.30. The van der Waals surface area contributed by atoms with Crippen LogP contribution in [0, 0.1) is 0 Å². The molecule has 0 unspecified atom stereocenters. The number of hydrogen-bond donors (Lipinski definition) is 0. The smallest absolute Gasteiger partial charge is 0.267 e. The lowest BCUT2D eigenvalue weighted by molar-refractivity contribution is 0.101. The molecule has 8 nitrogen and oxygen atoms in total. The molecule has 0 bridgehead atoms. The van der Waals surface area contributed by atoms with Crippen LogP contribution in [-0.2, 0) is 5.75 Å². The van der Waals surface area contributed by atoms with Crippen molar-refractivity contribution in [3.63, 3.8) is 0 Å². The van der Waals surface area contributed by atoms with Crippen LogP contribution in [0.1, 0.15) is 22.8 Å². The quantitative estimate of drug-likeness (QED) is 0.246. The Morgan fingerprint density at radius 2 is 1.80 bits per heavy atom. The molecule has 0 spiro atoms. The van der Waals surface area contributed by atoms with Gasteiger partial charge in [0, 0.05) is 22.9 Å². The van der Waals surface area contributed by atoms with E-state index in [-0.39, 0.29) is 11.3 Å². The van der Waals surface area contributed by atoms with Gasteiger partial charge in [0.2, 0.25) is 5.78 Å². The minimum absolute atomic E-state index is 0.0138. The Hall–Kier alpha value is -4.11. The van der Waals surface area contributed by atoms with E-state index in [1.165, 1.54) is 18.7 Å². The molecule has 35 heavy (non-hydrogen) atoms. The summed E-state index contributed by atoms with van der Waals surface area (Å²) in [6.07, 6.45) is 0. The van der Waals surface area contributed by atoms with Crippen LogP contribution in [-0.4, -0.2) is 39.2 Å². The topological polar surface area (TPSA) is 87.7 Å². The predicted molar refractivity (Wildman–Crippen MR) is 135 cm³/mol. The number of thioether (sulfide) groups is 1. The van der Waals surface area contributed by atoms with Gasteiger partial charge in [-0.3, -0.25) is 14.0 Å². The summed E-state index contributed by atoms with van der Waals surface area (Å²) < 4.78 is 14.3. The van der Waals surface area contributed by atoms with Crippen LogP contribution in [0.5, 0.6) is 11.5 Å². The van der Waals surface area contributed by atoms with Gasteiger partial charge in [-0.2, -0.15) is 0 Å². The molecule has 0 atom stereocenters. The lowest BCUT2D eigenvalue weighted by Gasteiger charge is -2.12. The summed E-state index contributed by atoms with van der Waals surface area (Å²) in [6.45, 7) is 1.54. The fraction of sp³-hybridized carbons (Fsp3) is 0.154. The van der Waals surface area contributed by atoms with Gasteiger partial charge >= 0.3 is 0 Å². The summed E-state index contributed by atoms with van der Waals surface area (Å²) in [7, 11) is 3.18. The lowest BCUT2D eigenvalue weighted by Crippen LogP contribution is -2.21. The third kappa shape index (κ3) is 4.04. The Labute approximate surface area is 205 Å². The van der Waals surface area contributed by atoms with Gasteiger partial charge in [-0.25, -0.2) is 4.57 Å². The minimum atomic E-state index is -0.193. The molecule has 5 rings (SSSR count). The number of ketones is 1. The number of hydrogen-bond acceptors (Lipinski definition) is 7. The van der Waals surface area contributed by atoms with E-state index in [0.29, 0.717) is 50.3 Å². The zero-order valence-electron chi connectivity index (χ0n) is 19.4. The Bertz CT molecular complexity index is 1640. The van der Waals surface area contributed by atoms with Crippen molar-refractivity contribution in [2.45, 2.75) is 17.8 Å². The zero-order valence-corrected chi connectivity index (χ0v) is 20.2. The van der Waals surface area contributed by atoms with E-state index in [4.69, 9.17) is 9.47 Å². The largest absolute Gasteiger partial charge is 0.497 e. The van der Waals surface area contributed by atoms with E-state index in [9.17, 15) is 9.59 Å². The molecule has 0 aliphatic rings. The molecule has 3 aromatic carbocycles. The molecule has 0 aliphatic heterocycles. The fourth-order valence-corrected chi connectivity index (χ4v) is 4.92. The van der Waals surface area contributed by atoms with Crippen LogP contribution >= 0.6 is 11.8 Å². The summed E-state index contributed by atoms with van der Waals surface area (Å²) in [4.78, 5) is 25.4. The van der Waals surface area contributed by atoms with Crippen molar-refractivity contribution in [2.75, 3.05) is 14.2 Å². The average Bonchev–Trinajstić information content (AvgIpc) is 3.31. The molecule has 0 amide bonds. The molecule has 5 aromatic rings. The molecule has 0 saturated carbocycles. The Kier molecular flexibility index (Phi) is 6.00. The highest BCUT2D eigenvalue weighted by atomic mass is 32.2. The summed E-state index contributed by atoms with van der Waals surface area (Å²) >= 11 is 1.45. The number of carbonyl (C=O) groups is 1. The highest BCUT2D eigenvalue weighted by Gasteiger charge is 2.19. The van der Waals surface area contributed by atoms with Crippen molar-refractivity contribution in [3.05, 3.63) is 88.2 Å². The molecule has 2 heterocycles. The number of benzene rings is 3. The first-order valence-corrected chi connectivity index (χ1v) is 11.8. The second-order valence-corrected chi connectivity index (χ2v) is 8.79. The van der Waals surface area contributed by atoms with Crippen LogP contribution < -0.4 is 15.0 Å². The van der Waals surface area contributed by atoms with Crippen LogP contribution in [0.3, 0.4) is 0 Å². The maximum Gasteiger partial charge on any atom is 0.267 e. The van der Waals surface area contributed by atoms with Crippen molar-refractivity contribution in [1.29, 1.82) is 0 Å². The first-order valence-electron chi connectivity index (χ1n) is 10.9. The van der Waals surface area contributed by atoms with Crippen molar-refractivity contribution in [1.82, 2.24) is 19.2 Å². The number of aromatic nitrogens is 4. The normalized spacial score (nSPS) is 11.2. The third-order valence-corrected chi connectivity index (χ3v) is 6.73. The van der Waals surface area contributed by atoms with Gasteiger partial charge < -0.3 is 9.47 Å². The molecule has 0 N–H and O–H groups in total. The number of Topliss-reactive ketones (excluding diaryl/α,β-unsaturated/α-hetero) is 1. The average molecular weight is 487 g/mol. The van der Waals surface area contributed by atoms with Gasteiger partial charge in [0.05, 0.1) is 30.8 Å². The molecule has 2 aromatic heterocycles. The molecule has 0 fully saturated rings. The number of fused-ring (bicyclic) bond motifs is 3. The van der Waals surface area contributed by atoms with Crippen molar-refractivity contribution in [2.24, 2.45) is 0 Å². The number of ether oxygens (including phenoxy) is 2. The van der Waals surface area contributed by atoms with Crippen LogP contribution in [0.2, 0.25) is 0 Å². The Morgan fingerprint density at radius 3 is 2.57 bits per heavy atom. The van der Waals surface area contributed by atoms with E-state index >= 15 is 0 Å². The first-order chi connectivity index (χ1) is 17.0. The summed E-state index contributed by atoms with van der Waals surface area (Å²) in [5.74, 6) is 2.20. The third-order valence-electron chi connectivity index (χ3n) is 5.75. The first kappa shape index (κ1) is 22.7. The summed E-state index contributed by atoms with van der Waals surface area (Å²) in [5, 5.41) is 9.97. The van der Waals surface area contributed by atoms with Crippen LogP contribution in [0.25, 0.3) is 22.4 Å². The van der Waals surface area contributed by atoms with E-state index in [0.717, 1.165) is 5.56 Å². The van der Waals surface area contributed by atoms with Crippen molar-refractivity contribution < 1.29 is 14.3 Å². The van der Waals surface area contributed by atoms with Crippen LogP contribution in [0.15, 0.2) is 76.7 Å². The summed E-state index contributed by atoms with van der Waals surface area (Å²) in [5.41, 5.74) is 2.63. The molecular weight excluding hydrogens is 464 g/mol. The number of rotatable bonds is 7. The maximum absolute atomic E-state index is 13.5. The van der Waals surface area contributed by atoms with Gasteiger partial charge in [-0.1, -0.05) is 30.0 Å². The Morgan fingerprint density at radius 1 is 0.971 bits per heavy atom. The molecule has 0 radical (unpaired) electrons. The molecular formula is C26H22N4O4S. The zero-order chi connectivity index (χ0) is 24.5. The lowest BCUT2D eigenvalue weighted by atomic mass is 10.1. The minimum Gasteiger partial charge on any atom is -0.497 e. The van der Waals surface area contributed by atoms with E-state index in [1.54, 1.807) is 43.1 Å². The SMILES string of the molecule is COc1cccc(-n2c(=O)c3ccccc3n3c(SCc4cc(C(C)=O)ccc4OC)nnc23)c1. The number of carbonyl (C=O) groups excluding carboxylic acids is 1. The van der Waals surface area contributed by atoms with Gasteiger partial charge in [0.15, 0.2) is 10.9 Å². The van der Waals surface area contributed by atoms with Gasteiger partial charge in [0.25, 0.3) is 5.56 Å². The molecule has 176 valence electrons. The standard InChI is InChI=1S/C26H22N4O4S/c1-16(31)17-11-12-23(34-3)18(13-17)15-35-26-28-27-25-29(19-7-6-8-20(14-19)33-2)24(32)21-9-4-5-10-22(21)30(25)26/h4-14H,15H2,1-3H3. The van der Waals surface area contributed by atoms with E-state index in [1.807, 2.05) is 46.9 Å². The number of para-hydroxylation sites is 1. The second-order valence-electron chi connectivity index (χ2n) is 7.85. The molecule has 0 aliphatic carbocycles. The molecule has 0 saturated heterocycles. The fourth-order valence-electron chi connectivity index (χ4n) is 4.01.